The third-order valence-electron chi connectivity index (χ3n) is 1.56. The lowest BCUT2D eigenvalue weighted by atomic mass is 10.2. The maximum atomic E-state index is 11.7. The van der Waals surface area contributed by atoms with Gasteiger partial charge in [0, 0.05) is 0 Å². The Labute approximate surface area is 98.0 Å². The van der Waals surface area contributed by atoms with Crippen molar-refractivity contribution < 1.29 is 23.8 Å². The molecule has 7 nitrogen and oxygen atoms in total. The molecule has 0 spiro atoms. The lowest BCUT2D eigenvalue weighted by Gasteiger charge is -2.24. The number of aliphatic carboxylic acids is 1. The minimum atomic E-state index is -1.19. The zero-order chi connectivity index (χ0) is 13.1. The van der Waals surface area contributed by atoms with Crippen molar-refractivity contribution in [2.45, 2.75) is 26.4 Å². The van der Waals surface area contributed by atoms with Crippen LogP contribution >= 0.6 is 0 Å². The van der Waals surface area contributed by atoms with E-state index < -0.39 is 24.2 Å². The van der Waals surface area contributed by atoms with Gasteiger partial charge in [-0.25, -0.2) is 14.7 Å². The lowest BCUT2D eigenvalue weighted by molar-refractivity contribution is -0.135. The minimum absolute atomic E-state index is 0.110. The van der Waals surface area contributed by atoms with Crippen molar-refractivity contribution in [3.05, 3.63) is 12.5 Å². The molecule has 0 aliphatic carbocycles. The number of anilines is 1. The highest BCUT2D eigenvalue weighted by atomic mass is 16.6. The van der Waals surface area contributed by atoms with Crippen molar-refractivity contribution in [1.29, 1.82) is 0 Å². The molecule has 1 aromatic heterocycles. The van der Waals surface area contributed by atoms with E-state index in [1.165, 1.54) is 12.5 Å². The maximum absolute atomic E-state index is 11.7. The number of aromatic nitrogens is 1. The van der Waals surface area contributed by atoms with Crippen molar-refractivity contribution >= 4 is 18.1 Å². The molecule has 0 unspecified atom stereocenters. The zero-order valence-electron chi connectivity index (χ0n) is 9.84. The van der Waals surface area contributed by atoms with E-state index in [0.29, 0.717) is 0 Å². The SMILES string of the molecule is CC(C)(C)OC(=O)N(CC(=O)O)c1ncco1. The molecule has 1 heterocycles. The highest BCUT2D eigenvalue weighted by molar-refractivity contribution is 5.90. The first-order chi connectivity index (χ1) is 7.79. The molecule has 0 aromatic carbocycles. The van der Waals surface area contributed by atoms with E-state index in [4.69, 9.17) is 14.3 Å². The van der Waals surface area contributed by atoms with Crippen LogP contribution in [0, 0.1) is 0 Å². The summed E-state index contributed by atoms with van der Waals surface area (Å²) in [5.41, 5.74) is -0.722. The number of carbonyl (C=O) groups excluding carboxylic acids is 1. The number of carboxylic acid groups (broad SMARTS) is 1. The average molecular weight is 242 g/mol. The fourth-order valence-corrected chi connectivity index (χ4v) is 1.01. The van der Waals surface area contributed by atoms with Crippen LogP contribution in [0.25, 0.3) is 0 Å². The molecule has 0 aliphatic rings. The van der Waals surface area contributed by atoms with Gasteiger partial charge in [-0.15, -0.1) is 0 Å². The van der Waals surface area contributed by atoms with Gasteiger partial charge in [0.05, 0.1) is 6.20 Å². The predicted molar refractivity (Wildman–Crippen MR) is 57.7 cm³/mol. The second kappa shape index (κ2) is 4.86. The van der Waals surface area contributed by atoms with Crippen molar-refractivity contribution in [3.8, 4) is 0 Å². The van der Waals surface area contributed by atoms with Gasteiger partial charge in [-0.3, -0.25) is 4.79 Å². The van der Waals surface area contributed by atoms with Gasteiger partial charge in [0.1, 0.15) is 18.4 Å². The quantitative estimate of drug-likeness (QED) is 0.863. The standard InChI is InChI=1S/C10H14N2O5/c1-10(2,3)17-9(15)12(6-7(13)14)8-11-4-5-16-8/h4-5H,6H2,1-3H3,(H,13,14). The van der Waals surface area contributed by atoms with E-state index in [0.717, 1.165) is 4.90 Å². The van der Waals surface area contributed by atoms with Crippen molar-refractivity contribution in [2.24, 2.45) is 0 Å². The molecule has 7 heteroatoms. The summed E-state index contributed by atoms with van der Waals surface area (Å²) in [5, 5.41) is 8.71. The van der Waals surface area contributed by atoms with Gasteiger partial charge in [-0.05, 0) is 20.8 Å². The number of oxazole rings is 1. The summed E-state index contributed by atoms with van der Waals surface area (Å²) < 4.78 is 9.93. The van der Waals surface area contributed by atoms with Crippen LogP contribution in [0.3, 0.4) is 0 Å². The molecule has 0 radical (unpaired) electrons. The van der Waals surface area contributed by atoms with Gasteiger partial charge >= 0.3 is 18.1 Å². The Morgan fingerprint density at radius 1 is 1.53 bits per heavy atom. The van der Waals surface area contributed by atoms with Gasteiger partial charge < -0.3 is 14.3 Å². The Balaban J connectivity index is 2.84. The summed E-state index contributed by atoms with van der Waals surface area (Å²) in [6.07, 6.45) is 1.74. The molecule has 0 aliphatic heterocycles. The Kier molecular flexibility index (Phi) is 3.72. The van der Waals surface area contributed by atoms with Crippen LogP contribution in [-0.2, 0) is 9.53 Å². The molecule has 0 saturated carbocycles. The first-order valence-electron chi connectivity index (χ1n) is 4.91. The Hall–Kier alpha value is -2.05. The van der Waals surface area contributed by atoms with Crippen molar-refractivity contribution in [2.75, 3.05) is 11.4 Å². The van der Waals surface area contributed by atoms with Gasteiger partial charge in [-0.1, -0.05) is 0 Å². The third-order valence-corrected chi connectivity index (χ3v) is 1.56. The zero-order valence-corrected chi connectivity index (χ0v) is 9.84. The van der Waals surface area contributed by atoms with Gasteiger partial charge in [0.15, 0.2) is 0 Å². The number of nitrogens with zero attached hydrogens (tertiary/aromatic N) is 2. The number of amides is 1. The van der Waals surface area contributed by atoms with E-state index in [1.54, 1.807) is 20.8 Å². The molecular formula is C10H14N2O5. The second-order valence-electron chi connectivity index (χ2n) is 4.27. The monoisotopic (exact) mass is 242 g/mol. The van der Waals surface area contributed by atoms with Gasteiger partial charge in [0.25, 0.3) is 0 Å². The fraction of sp³-hybridized carbons (Fsp3) is 0.500. The number of carbonyl (C=O) groups is 2. The summed E-state index contributed by atoms with van der Waals surface area (Å²) in [6.45, 7) is 4.47. The van der Waals surface area contributed by atoms with Crippen molar-refractivity contribution in [3.63, 3.8) is 0 Å². The summed E-state index contributed by atoms with van der Waals surface area (Å²) in [6, 6.07) is -0.110. The van der Waals surface area contributed by atoms with E-state index in [9.17, 15) is 9.59 Å². The van der Waals surface area contributed by atoms with Crippen LogP contribution in [0.4, 0.5) is 10.8 Å². The first-order valence-corrected chi connectivity index (χ1v) is 4.91. The van der Waals surface area contributed by atoms with E-state index in [1.807, 2.05) is 0 Å². The number of carboxylic acids is 1. The van der Waals surface area contributed by atoms with Gasteiger partial charge in [0.2, 0.25) is 0 Å². The smallest absolute Gasteiger partial charge is 0.419 e. The van der Waals surface area contributed by atoms with Crippen LogP contribution in [0.2, 0.25) is 0 Å². The van der Waals surface area contributed by atoms with E-state index >= 15 is 0 Å². The fourth-order valence-electron chi connectivity index (χ4n) is 1.01. The molecule has 94 valence electrons. The normalized spacial score (nSPS) is 11.0. The number of rotatable bonds is 3. The Morgan fingerprint density at radius 3 is 2.59 bits per heavy atom. The lowest BCUT2D eigenvalue weighted by Crippen LogP contribution is -2.40. The maximum Gasteiger partial charge on any atom is 0.419 e. The van der Waals surface area contributed by atoms with E-state index in [-0.39, 0.29) is 6.01 Å². The van der Waals surface area contributed by atoms with Crippen LogP contribution in [0.1, 0.15) is 20.8 Å². The van der Waals surface area contributed by atoms with Crippen LogP contribution in [0.15, 0.2) is 16.9 Å². The summed E-state index contributed by atoms with van der Waals surface area (Å²) in [4.78, 5) is 26.9. The molecule has 1 rings (SSSR count). The minimum Gasteiger partial charge on any atom is -0.480 e. The molecule has 17 heavy (non-hydrogen) atoms. The third kappa shape index (κ3) is 4.13. The molecule has 0 atom stereocenters. The molecule has 1 amide bonds. The van der Waals surface area contributed by atoms with Crippen LogP contribution in [0.5, 0.6) is 0 Å². The molecule has 0 bridgehead atoms. The second-order valence-corrected chi connectivity index (χ2v) is 4.27. The predicted octanol–water partition coefficient (Wildman–Crippen LogP) is 1.50. The van der Waals surface area contributed by atoms with Gasteiger partial charge in [-0.2, -0.15) is 0 Å². The number of hydrogen-bond donors (Lipinski definition) is 1. The summed E-state index contributed by atoms with van der Waals surface area (Å²) in [7, 11) is 0. The highest BCUT2D eigenvalue weighted by Gasteiger charge is 2.27. The first kappa shape index (κ1) is 13.0. The average Bonchev–Trinajstić information content (AvgIpc) is 2.63. The molecule has 1 N–H and O–H groups in total. The summed E-state index contributed by atoms with van der Waals surface area (Å²) in [5.74, 6) is -1.19. The largest absolute Gasteiger partial charge is 0.480 e. The van der Waals surface area contributed by atoms with Crippen molar-refractivity contribution in [1.82, 2.24) is 4.98 Å². The Morgan fingerprint density at radius 2 is 2.18 bits per heavy atom. The Bertz CT molecular complexity index is 393. The highest BCUT2D eigenvalue weighted by Crippen LogP contribution is 2.15. The van der Waals surface area contributed by atoms with E-state index in [2.05, 4.69) is 4.98 Å². The number of hydrogen-bond acceptors (Lipinski definition) is 5. The summed E-state index contributed by atoms with van der Waals surface area (Å²) >= 11 is 0. The van der Waals surface area contributed by atoms with Crippen LogP contribution in [-0.4, -0.2) is 34.3 Å². The molecule has 0 fully saturated rings. The molecular weight excluding hydrogens is 228 g/mol. The topological polar surface area (TPSA) is 92.9 Å². The molecule has 1 aromatic rings. The number of ether oxygens (including phenoxy) is 1. The molecule has 0 saturated heterocycles. The van der Waals surface area contributed by atoms with Crippen LogP contribution < -0.4 is 4.90 Å².